The second-order valence-electron chi connectivity index (χ2n) is 21.5. The monoisotopic (exact) mass is 1320 g/mol. The Morgan fingerprint density at radius 2 is 0.688 bits per heavy atom. The SMILES string of the molecule is N#CC(C#N)=C1C(=Nc2cc3c(s2)-c2cc4c(cc2C(C(=O)OCc2ccccc2)(C(=O)OCc2ccccc2)O3)-c2sc(N=C3C(=O)c5cc(F)c(F)cc5C3=C(C#N)C#N)cc2OC4(C(=O)OCc2ccccc2)C(=O)OCc2ccccc2)C(=O)c2cc(F)c(F)cc21. The van der Waals surface area contributed by atoms with Crippen molar-refractivity contribution < 1.29 is 74.8 Å². The number of nitrogens with zero attached hydrogens (tertiary/aromatic N) is 6. The molecule has 0 N–H and O–H groups in total. The number of hydrogen-bond donors (Lipinski definition) is 0. The van der Waals surface area contributed by atoms with Gasteiger partial charge >= 0.3 is 35.1 Å². The molecule has 2 aliphatic heterocycles. The Balaban J connectivity index is 1.09. The molecule has 0 unspecified atom stereocenters. The second kappa shape index (κ2) is 25.0. The lowest BCUT2D eigenvalue weighted by molar-refractivity contribution is -0.185. The van der Waals surface area contributed by atoms with E-state index in [9.17, 15) is 39.4 Å². The van der Waals surface area contributed by atoms with Crippen molar-refractivity contribution in [2.45, 2.75) is 37.6 Å². The van der Waals surface area contributed by atoms with Crippen LogP contribution in [0.1, 0.15) is 65.2 Å². The summed E-state index contributed by atoms with van der Waals surface area (Å²) in [6.07, 6.45) is 0. The van der Waals surface area contributed by atoms with Gasteiger partial charge in [-0.1, -0.05) is 121 Å². The maximum atomic E-state index is 15.7. The van der Waals surface area contributed by atoms with Crippen LogP contribution in [0.25, 0.3) is 32.0 Å². The molecule has 4 aliphatic rings. The summed E-state index contributed by atoms with van der Waals surface area (Å²) in [6.45, 7) is -1.95. The van der Waals surface area contributed by atoms with Crippen molar-refractivity contribution in [2.24, 2.45) is 9.98 Å². The van der Waals surface area contributed by atoms with Crippen LogP contribution < -0.4 is 9.47 Å². The minimum atomic E-state index is -3.10. The highest BCUT2D eigenvalue weighted by Crippen LogP contribution is 2.59. The summed E-state index contributed by atoms with van der Waals surface area (Å²) in [5, 5.41) is 40.2. The molecule has 0 bridgehead atoms. The molecular formula is C72H36F4N6O12S2. The van der Waals surface area contributed by atoms with Crippen LogP contribution >= 0.6 is 22.7 Å². The molecule has 24 heteroatoms. The molecule has 0 saturated carbocycles. The largest absolute Gasteiger partial charge is 0.458 e. The van der Waals surface area contributed by atoms with Crippen LogP contribution in [0.3, 0.4) is 0 Å². The number of rotatable bonds is 14. The molecule has 9 aromatic rings. The first kappa shape index (κ1) is 62.1. The molecule has 0 saturated heterocycles. The quantitative estimate of drug-likeness (QED) is 0.0321. The molecule has 96 heavy (non-hydrogen) atoms. The fourth-order valence-electron chi connectivity index (χ4n) is 11.3. The zero-order valence-electron chi connectivity index (χ0n) is 48.9. The Labute approximate surface area is 547 Å². The Morgan fingerprint density at radius 1 is 0.406 bits per heavy atom. The van der Waals surface area contributed by atoms with E-state index in [4.69, 9.17) is 28.4 Å². The van der Waals surface area contributed by atoms with Crippen molar-refractivity contribution >= 4 is 90.7 Å². The van der Waals surface area contributed by atoms with E-state index in [1.807, 2.05) is 0 Å². The van der Waals surface area contributed by atoms with E-state index in [1.54, 1.807) is 146 Å². The summed E-state index contributed by atoms with van der Waals surface area (Å²) in [7, 11) is 0. The number of halogens is 4. The highest BCUT2D eigenvalue weighted by Gasteiger charge is 2.62. The molecule has 0 fully saturated rings. The van der Waals surface area contributed by atoms with Crippen molar-refractivity contribution in [3.05, 3.63) is 260 Å². The third kappa shape index (κ3) is 10.7. The highest BCUT2D eigenvalue weighted by atomic mass is 32.1. The van der Waals surface area contributed by atoms with Crippen LogP contribution in [0.2, 0.25) is 0 Å². The third-order valence-corrected chi connectivity index (χ3v) is 17.8. The van der Waals surface area contributed by atoms with Crippen LogP contribution in [0.5, 0.6) is 11.5 Å². The van der Waals surface area contributed by atoms with Gasteiger partial charge in [0, 0.05) is 67.8 Å². The van der Waals surface area contributed by atoms with Crippen LogP contribution in [0.4, 0.5) is 27.6 Å². The average molecular weight is 1320 g/mol. The number of thiophene rings is 2. The van der Waals surface area contributed by atoms with Gasteiger partial charge in [0.2, 0.25) is 11.6 Å². The maximum Gasteiger partial charge on any atom is 0.367 e. The molecule has 0 atom stereocenters. The number of fused-ring (bicyclic) bond motifs is 8. The molecule has 4 heterocycles. The van der Waals surface area contributed by atoms with Crippen LogP contribution in [0.15, 0.2) is 191 Å². The number of esters is 4. The number of aliphatic imine (C=N–C) groups is 2. The van der Waals surface area contributed by atoms with Gasteiger partial charge in [0.25, 0.3) is 0 Å². The van der Waals surface area contributed by atoms with Crippen molar-refractivity contribution in [3.63, 3.8) is 0 Å². The predicted octanol–water partition coefficient (Wildman–Crippen LogP) is 13.4. The molecule has 7 aromatic carbocycles. The lowest BCUT2D eigenvalue weighted by atomic mass is 9.78. The van der Waals surface area contributed by atoms with E-state index in [2.05, 4.69) is 9.98 Å². The number of ketones is 2. The first-order valence-electron chi connectivity index (χ1n) is 28.5. The Morgan fingerprint density at radius 3 is 0.969 bits per heavy atom. The topological polar surface area (TPSA) is 278 Å². The van der Waals surface area contributed by atoms with Gasteiger partial charge in [-0.25, -0.2) is 46.7 Å². The minimum absolute atomic E-state index is 0.0635. The molecule has 466 valence electrons. The Hall–Kier alpha value is -12.7. The summed E-state index contributed by atoms with van der Waals surface area (Å²) in [5.41, 5.74) is -10.8. The lowest BCUT2D eigenvalue weighted by Gasteiger charge is -2.39. The number of carbonyl (C=O) groups is 6. The molecule has 13 rings (SSSR count). The number of allylic oxidation sites excluding steroid dienone is 4. The first-order chi connectivity index (χ1) is 46.5. The average Bonchev–Trinajstić information content (AvgIpc) is 1.12. The Kier molecular flexibility index (Phi) is 16.2. The van der Waals surface area contributed by atoms with E-state index in [-0.39, 0.29) is 53.5 Å². The lowest BCUT2D eigenvalue weighted by Crippen LogP contribution is -2.54. The summed E-state index contributed by atoms with van der Waals surface area (Å²) >= 11 is 1.39. The molecule has 18 nitrogen and oxygen atoms in total. The zero-order valence-corrected chi connectivity index (χ0v) is 50.5. The predicted molar refractivity (Wildman–Crippen MR) is 334 cm³/mol. The molecule has 0 spiro atoms. The van der Waals surface area contributed by atoms with E-state index in [0.717, 1.165) is 0 Å². The third-order valence-electron chi connectivity index (χ3n) is 15.7. The van der Waals surface area contributed by atoms with E-state index >= 15 is 28.0 Å². The van der Waals surface area contributed by atoms with Crippen molar-refractivity contribution in [2.75, 3.05) is 0 Å². The number of ether oxygens (including phenoxy) is 6. The number of benzene rings is 7. The van der Waals surface area contributed by atoms with Gasteiger partial charge in [-0.15, -0.1) is 22.7 Å². The van der Waals surface area contributed by atoms with Gasteiger partial charge in [-0.05, 0) is 58.7 Å². The fraction of sp³-hybridized carbons (Fsp3) is 0.0833. The van der Waals surface area contributed by atoms with Gasteiger partial charge in [0.15, 0.2) is 23.3 Å². The number of carbonyl (C=O) groups excluding carboxylic acids is 6. The van der Waals surface area contributed by atoms with Crippen LogP contribution in [-0.4, -0.2) is 46.9 Å². The highest BCUT2D eigenvalue weighted by molar-refractivity contribution is 7.20. The van der Waals surface area contributed by atoms with E-state index in [0.29, 0.717) is 69.2 Å². The van der Waals surface area contributed by atoms with Crippen molar-refractivity contribution in [3.8, 4) is 56.7 Å². The van der Waals surface area contributed by atoms with Crippen LogP contribution in [0, 0.1) is 68.6 Å². The van der Waals surface area contributed by atoms with Gasteiger partial charge in [-0.3, -0.25) is 9.59 Å². The summed E-state index contributed by atoms with van der Waals surface area (Å²) in [4.78, 5) is 101. The second-order valence-corrected chi connectivity index (χ2v) is 23.5. The standard InChI is InChI=1S/C72H36F4N6O12S2/c73-51-23-43-45(25-53(51)75)63(83)61(59(43)41(29-77)30-78)81-57-27-55-65(95-57)47-22-50-48(21-49(47)71(93-55,67(85)89-33-37-13-5-1-6-14-37)68(86)90-34-38-15-7-2-8-16-38)66-56(28-58(96-66)82-62-60(42(31-79)32-80)44-24-52(74)54(76)26-46(44)64(62)84)94-72(50,69(87)91-35-39-17-9-3-10-18-39)70(88)92-36-40-19-11-4-12-20-40/h1-28H,33-36H2. The zero-order chi connectivity index (χ0) is 67.2. The normalized spacial score (nSPS) is 14.7. The maximum absolute atomic E-state index is 15.7. The number of nitriles is 4. The van der Waals surface area contributed by atoms with Crippen molar-refractivity contribution in [1.29, 1.82) is 21.0 Å². The first-order valence-corrected chi connectivity index (χ1v) is 30.2. The molecule has 2 aliphatic carbocycles. The van der Waals surface area contributed by atoms with E-state index in [1.165, 1.54) is 24.3 Å². The molecule has 0 radical (unpaired) electrons. The molecule has 2 aromatic heterocycles. The molecule has 0 amide bonds. The molecular weight excluding hydrogens is 1280 g/mol. The van der Waals surface area contributed by atoms with Gasteiger partial charge in [0.1, 0.15) is 94.8 Å². The van der Waals surface area contributed by atoms with E-state index < -0.39 is 152 Å². The number of Topliss-reactive ketones (excluding diaryl/α,β-unsaturated/α-hetero) is 2. The van der Waals surface area contributed by atoms with Crippen molar-refractivity contribution in [1.82, 2.24) is 0 Å². The Bertz CT molecular complexity index is 4730. The summed E-state index contributed by atoms with van der Waals surface area (Å²) < 4.78 is 97.5. The summed E-state index contributed by atoms with van der Waals surface area (Å²) in [6, 6.07) is 47.1. The van der Waals surface area contributed by atoms with Gasteiger partial charge in [-0.2, -0.15) is 21.0 Å². The number of hydrogen-bond acceptors (Lipinski definition) is 20. The summed E-state index contributed by atoms with van der Waals surface area (Å²) in [5.74, 6) is -14.1. The minimum Gasteiger partial charge on any atom is -0.458 e. The smallest absolute Gasteiger partial charge is 0.367 e. The fourth-order valence-corrected chi connectivity index (χ4v) is 13.2. The van der Waals surface area contributed by atoms with Gasteiger partial charge in [0.05, 0.1) is 9.75 Å². The van der Waals surface area contributed by atoms with Gasteiger partial charge < -0.3 is 28.4 Å². The van der Waals surface area contributed by atoms with Crippen LogP contribution in [-0.2, 0) is 75.8 Å².